The summed E-state index contributed by atoms with van der Waals surface area (Å²) < 4.78 is 6.19. The predicted molar refractivity (Wildman–Crippen MR) is 145 cm³/mol. The lowest BCUT2D eigenvalue weighted by molar-refractivity contribution is -0.128. The summed E-state index contributed by atoms with van der Waals surface area (Å²) in [4.78, 5) is 34.7. The van der Waals surface area contributed by atoms with Crippen molar-refractivity contribution >= 4 is 17.4 Å². The average molecular weight is 528 g/mol. The third-order valence-electron chi connectivity index (χ3n) is 7.93. The zero-order valence-electron chi connectivity index (χ0n) is 22.3. The van der Waals surface area contributed by atoms with Gasteiger partial charge in [0.1, 0.15) is 18.5 Å². The van der Waals surface area contributed by atoms with Crippen LogP contribution in [0, 0.1) is 22.7 Å². The molecule has 1 amide bonds. The molecule has 2 aromatic rings. The Balaban J connectivity index is 1.46. The largest absolute Gasteiger partial charge is 0.462 e. The van der Waals surface area contributed by atoms with Crippen LogP contribution >= 0.6 is 0 Å². The summed E-state index contributed by atoms with van der Waals surface area (Å²) in [6, 6.07) is 6.61. The minimum atomic E-state index is -0.259. The van der Waals surface area contributed by atoms with Gasteiger partial charge in [-0.25, -0.2) is 0 Å². The molecule has 0 spiro atoms. The molecule has 0 aromatic carbocycles. The Morgan fingerprint density at radius 2 is 2.08 bits per heavy atom. The van der Waals surface area contributed by atoms with Gasteiger partial charge in [0.15, 0.2) is 0 Å². The number of fused-ring (bicyclic) bond motifs is 1. The molecule has 2 saturated heterocycles. The fraction of sp³-hybridized carbons (Fsp3) is 0.500. The van der Waals surface area contributed by atoms with Gasteiger partial charge < -0.3 is 24.3 Å². The van der Waals surface area contributed by atoms with E-state index in [0.29, 0.717) is 63.4 Å². The van der Waals surface area contributed by atoms with E-state index in [9.17, 15) is 15.3 Å². The normalized spacial score (nSPS) is 21.2. The second kappa shape index (κ2) is 11.7. The number of ether oxygens (including phenoxy) is 1. The van der Waals surface area contributed by atoms with Crippen molar-refractivity contribution < 1.29 is 9.53 Å². The molecule has 3 aliphatic heterocycles. The number of amides is 1. The quantitative estimate of drug-likeness (QED) is 0.493. The lowest BCUT2D eigenvalue weighted by Crippen LogP contribution is -2.55. The second-order valence-electron chi connectivity index (χ2n) is 10.2. The summed E-state index contributed by atoms with van der Waals surface area (Å²) in [7, 11) is 2.11. The fourth-order valence-electron chi connectivity index (χ4n) is 5.75. The van der Waals surface area contributed by atoms with E-state index in [1.807, 2.05) is 0 Å². The summed E-state index contributed by atoms with van der Waals surface area (Å²) in [5.74, 6) is 0.638. The molecule has 0 radical (unpaired) electrons. The topological polar surface area (TPSA) is 126 Å². The van der Waals surface area contributed by atoms with Gasteiger partial charge in [-0.3, -0.25) is 9.78 Å². The average Bonchev–Trinajstić information content (AvgIpc) is 3.39. The number of rotatable bonds is 7. The number of likely N-dealkylation sites (tertiary alicyclic amines) is 1. The minimum absolute atomic E-state index is 0.162. The van der Waals surface area contributed by atoms with E-state index in [1.165, 1.54) is 6.08 Å². The molecule has 11 nitrogen and oxygen atoms in total. The molecule has 5 rings (SSSR count). The van der Waals surface area contributed by atoms with E-state index in [0.717, 1.165) is 42.1 Å². The number of aromatic nitrogens is 3. The molecule has 0 aliphatic carbocycles. The highest BCUT2D eigenvalue weighted by Crippen LogP contribution is 2.33. The molecule has 39 heavy (non-hydrogen) atoms. The van der Waals surface area contributed by atoms with Gasteiger partial charge in [-0.05, 0) is 45.0 Å². The van der Waals surface area contributed by atoms with Crippen molar-refractivity contribution in [3.05, 3.63) is 47.9 Å². The van der Waals surface area contributed by atoms with Crippen molar-refractivity contribution in [2.75, 3.05) is 56.2 Å². The number of likely N-dealkylation sites (N-methyl/N-ethyl adjacent to an activating group) is 1. The molecule has 2 fully saturated rings. The third-order valence-corrected chi connectivity index (χ3v) is 7.93. The number of hydrogen-bond donors (Lipinski definition) is 0. The van der Waals surface area contributed by atoms with Crippen LogP contribution in [0.4, 0.5) is 11.5 Å². The molecule has 0 N–H and O–H groups in total. The van der Waals surface area contributed by atoms with Crippen LogP contribution in [0.3, 0.4) is 0 Å². The number of carbonyl (C=O) groups excluding carboxylic acids is 1. The Hall–Kier alpha value is -4.22. The van der Waals surface area contributed by atoms with Crippen LogP contribution in [0.5, 0.6) is 6.01 Å². The van der Waals surface area contributed by atoms with Crippen LogP contribution in [-0.4, -0.2) is 89.1 Å². The number of piperazine rings is 1. The van der Waals surface area contributed by atoms with Crippen LogP contribution in [-0.2, 0) is 17.8 Å². The van der Waals surface area contributed by atoms with Crippen molar-refractivity contribution in [2.24, 2.45) is 0 Å². The molecular formula is C28H33N9O2. The number of nitrogens with zero attached hydrogens (tertiary/aromatic N) is 9. The highest BCUT2D eigenvalue weighted by molar-refractivity contribution is 5.87. The van der Waals surface area contributed by atoms with Crippen LogP contribution in [0.1, 0.15) is 36.1 Å². The Bertz CT molecular complexity index is 1320. The SMILES string of the molecule is C=CC(=O)N1CCN(c2nc(OC[C@@H]3CCCN3C)nc3c2CCN(c2cnccc2C#N)C3)CC1CC#N. The summed E-state index contributed by atoms with van der Waals surface area (Å²) in [5, 5.41) is 19.1. The predicted octanol–water partition coefficient (Wildman–Crippen LogP) is 1.90. The van der Waals surface area contributed by atoms with Crippen molar-refractivity contribution in [1.82, 2.24) is 24.8 Å². The molecule has 2 aromatic heterocycles. The maximum atomic E-state index is 12.4. The number of hydrogen-bond acceptors (Lipinski definition) is 10. The standard InChI is InChI=1S/C28H33N9O2/c1-3-26(38)37-14-13-36(17-21(37)6-9-29)27-23-8-12-35(25-16-31-10-7-20(25)15-30)18-24(23)32-28(33-27)39-19-22-5-4-11-34(22)2/h3,7,10,16,21-22H,1,4-6,8,11-14,17-19H2,2H3/t21?,22-/m0/s1. The van der Waals surface area contributed by atoms with Crippen molar-refractivity contribution in [3.8, 4) is 18.1 Å². The van der Waals surface area contributed by atoms with Crippen molar-refractivity contribution in [2.45, 2.75) is 44.3 Å². The maximum absolute atomic E-state index is 12.4. The lowest BCUT2D eigenvalue weighted by atomic mass is 10.0. The number of anilines is 2. The first-order valence-electron chi connectivity index (χ1n) is 13.4. The maximum Gasteiger partial charge on any atom is 0.318 e. The van der Waals surface area contributed by atoms with Gasteiger partial charge >= 0.3 is 6.01 Å². The zero-order valence-corrected chi connectivity index (χ0v) is 22.3. The van der Waals surface area contributed by atoms with E-state index >= 15 is 0 Å². The molecule has 0 bridgehead atoms. The number of pyridine rings is 1. The summed E-state index contributed by atoms with van der Waals surface area (Å²) in [6.07, 6.45) is 7.80. The van der Waals surface area contributed by atoms with Crippen LogP contribution in [0.15, 0.2) is 31.1 Å². The van der Waals surface area contributed by atoms with E-state index in [1.54, 1.807) is 23.4 Å². The summed E-state index contributed by atoms with van der Waals surface area (Å²) >= 11 is 0. The van der Waals surface area contributed by atoms with E-state index in [4.69, 9.17) is 14.7 Å². The Labute approximate surface area is 228 Å². The first-order valence-corrected chi connectivity index (χ1v) is 13.4. The van der Waals surface area contributed by atoms with Crippen LogP contribution in [0.25, 0.3) is 0 Å². The van der Waals surface area contributed by atoms with E-state index < -0.39 is 0 Å². The minimum Gasteiger partial charge on any atom is -0.462 e. The molecule has 3 aliphatic rings. The Kier molecular flexibility index (Phi) is 7.89. The van der Waals surface area contributed by atoms with Gasteiger partial charge in [0.05, 0.1) is 48.2 Å². The molecule has 11 heteroatoms. The van der Waals surface area contributed by atoms with Crippen LogP contribution < -0.4 is 14.5 Å². The summed E-state index contributed by atoms with van der Waals surface area (Å²) in [5.41, 5.74) is 3.26. The van der Waals surface area contributed by atoms with E-state index in [2.05, 4.69) is 45.4 Å². The highest BCUT2D eigenvalue weighted by Gasteiger charge is 2.33. The number of nitriles is 2. The van der Waals surface area contributed by atoms with Gasteiger partial charge in [-0.1, -0.05) is 6.58 Å². The highest BCUT2D eigenvalue weighted by atomic mass is 16.5. The second-order valence-corrected chi connectivity index (χ2v) is 10.2. The molecule has 2 atom stereocenters. The van der Waals surface area contributed by atoms with Gasteiger partial charge in [0.25, 0.3) is 0 Å². The van der Waals surface area contributed by atoms with Crippen molar-refractivity contribution in [3.63, 3.8) is 0 Å². The van der Waals surface area contributed by atoms with Crippen LogP contribution in [0.2, 0.25) is 0 Å². The number of carbonyl (C=O) groups is 1. The lowest BCUT2D eigenvalue weighted by Gasteiger charge is -2.42. The van der Waals surface area contributed by atoms with Gasteiger partial charge in [-0.2, -0.15) is 20.5 Å². The first kappa shape index (κ1) is 26.4. The fourth-order valence-corrected chi connectivity index (χ4v) is 5.75. The molecule has 5 heterocycles. The van der Waals surface area contributed by atoms with E-state index in [-0.39, 0.29) is 18.4 Å². The van der Waals surface area contributed by atoms with Gasteiger partial charge in [0, 0.05) is 44.0 Å². The summed E-state index contributed by atoms with van der Waals surface area (Å²) in [6.45, 7) is 7.93. The molecule has 1 unspecified atom stereocenters. The zero-order chi connectivity index (χ0) is 27.4. The smallest absolute Gasteiger partial charge is 0.318 e. The molecule has 0 saturated carbocycles. The Morgan fingerprint density at radius 3 is 2.82 bits per heavy atom. The first-order chi connectivity index (χ1) is 19.0. The van der Waals surface area contributed by atoms with Gasteiger partial charge in [0.2, 0.25) is 5.91 Å². The molecular weight excluding hydrogens is 494 g/mol. The Morgan fingerprint density at radius 1 is 1.21 bits per heavy atom. The van der Waals surface area contributed by atoms with Gasteiger partial charge in [-0.15, -0.1) is 0 Å². The molecule has 202 valence electrons. The monoisotopic (exact) mass is 527 g/mol. The van der Waals surface area contributed by atoms with Crippen molar-refractivity contribution in [1.29, 1.82) is 10.5 Å². The third kappa shape index (κ3) is 5.50.